The van der Waals surface area contributed by atoms with Crippen molar-refractivity contribution in [2.75, 3.05) is 12.3 Å². The van der Waals surface area contributed by atoms with Crippen LogP contribution in [0.1, 0.15) is 31.3 Å². The van der Waals surface area contributed by atoms with Crippen molar-refractivity contribution in [1.29, 1.82) is 0 Å². The van der Waals surface area contributed by atoms with Gasteiger partial charge in [0, 0.05) is 11.3 Å². The lowest BCUT2D eigenvalue weighted by Gasteiger charge is -2.22. The van der Waals surface area contributed by atoms with E-state index in [1.165, 1.54) is 18.6 Å². The molecular formula is C12H19NO2S. The largest absolute Gasteiger partial charge is 0.462 e. The molecule has 1 saturated heterocycles. The summed E-state index contributed by atoms with van der Waals surface area (Å²) in [6, 6.07) is 3.74. The van der Waals surface area contributed by atoms with Crippen LogP contribution in [0, 0.1) is 0 Å². The van der Waals surface area contributed by atoms with Gasteiger partial charge in [0.05, 0.1) is 6.54 Å². The average molecular weight is 241 g/mol. The van der Waals surface area contributed by atoms with Gasteiger partial charge in [-0.2, -0.15) is 11.8 Å². The zero-order chi connectivity index (χ0) is 11.4. The van der Waals surface area contributed by atoms with Gasteiger partial charge in [-0.1, -0.05) is 0 Å². The minimum absolute atomic E-state index is 0.0203. The van der Waals surface area contributed by atoms with Crippen molar-refractivity contribution in [2.24, 2.45) is 0 Å². The van der Waals surface area contributed by atoms with Gasteiger partial charge in [-0.3, -0.25) is 0 Å². The van der Waals surface area contributed by atoms with E-state index in [9.17, 15) is 0 Å². The Hall–Kier alpha value is -0.450. The highest BCUT2D eigenvalue weighted by Gasteiger charge is 2.28. The van der Waals surface area contributed by atoms with Crippen LogP contribution in [-0.4, -0.2) is 22.2 Å². The normalized spacial score (nSPS) is 25.1. The predicted octanol–water partition coefficient (Wildman–Crippen LogP) is 2.15. The number of furan rings is 1. The minimum Gasteiger partial charge on any atom is -0.462 e. The standard InChI is InChI=1S/C12H19NO2S/c1-12(5-2-6-16-12)9-13-7-10-3-4-11(8-14)15-10/h3-4,13-14H,2,5-9H2,1H3. The molecule has 4 heteroatoms. The van der Waals surface area contributed by atoms with Gasteiger partial charge in [-0.15, -0.1) is 0 Å². The summed E-state index contributed by atoms with van der Waals surface area (Å²) in [5, 5.41) is 12.3. The summed E-state index contributed by atoms with van der Waals surface area (Å²) in [6.45, 7) is 4.06. The zero-order valence-corrected chi connectivity index (χ0v) is 10.5. The Morgan fingerprint density at radius 2 is 2.31 bits per heavy atom. The van der Waals surface area contributed by atoms with E-state index in [1.54, 1.807) is 0 Å². The molecule has 0 radical (unpaired) electrons. The first-order valence-electron chi connectivity index (χ1n) is 5.75. The summed E-state index contributed by atoms with van der Waals surface area (Å²) in [7, 11) is 0. The molecule has 1 atom stereocenters. The topological polar surface area (TPSA) is 45.4 Å². The van der Waals surface area contributed by atoms with Crippen molar-refractivity contribution in [3.63, 3.8) is 0 Å². The fourth-order valence-corrected chi connectivity index (χ4v) is 3.30. The first kappa shape index (κ1) is 12.0. The Bertz CT molecular complexity index is 332. The molecule has 2 heterocycles. The molecule has 1 unspecified atom stereocenters. The van der Waals surface area contributed by atoms with Crippen LogP contribution in [0.5, 0.6) is 0 Å². The average Bonchev–Trinajstić information content (AvgIpc) is 2.88. The lowest BCUT2D eigenvalue weighted by molar-refractivity contribution is 0.242. The Morgan fingerprint density at radius 1 is 1.50 bits per heavy atom. The quantitative estimate of drug-likeness (QED) is 0.829. The number of nitrogens with one attached hydrogen (secondary N) is 1. The molecule has 3 nitrogen and oxygen atoms in total. The van der Waals surface area contributed by atoms with Gasteiger partial charge in [0.2, 0.25) is 0 Å². The zero-order valence-electron chi connectivity index (χ0n) is 9.66. The van der Waals surface area contributed by atoms with Gasteiger partial charge in [-0.05, 0) is 37.7 Å². The third kappa shape index (κ3) is 3.03. The van der Waals surface area contributed by atoms with E-state index in [0.717, 1.165) is 18.8 Å². The van der Waals surface area contributed by atoms with Crippen LogP contribution < -0.4 is 5.32 Å². The third-order valence-electron chi connectivity index (χ3n) is 2.97. The molecule has 0 amide bonds. The van der Waals surface area contributed by atoms with E-state index in [1.807, 2.05) is 12.1 Å². The summed E-state index contributed by atoms with van der Waals surface area (Å²) in [4.78, 5) is 0. The predicted molar refractivity (Wildman–Crippen MR) is 66.4 cm³/mol. The van der Waals surface area contributed by atoms with Crippen LogP contribution in [0.4, 0.5) is 0 Å². The second-order valence-electron chi connectivity index (χ2n) is 4.53. The molecular weight excluding hydrogens is 222 g/mol. The third-order valence-corrected chi connectivity index (χ3v) is 4.51. The lowest BCUT2D eigenvalue weighted by atomic mass is 10.1. The molecule has 1 aliphatic heterocycles. The van der Waals surface area contributed by atoms with E-state index in [-0.39, 0.29) is 6.61 Å². The highest BCUT2D eigenvalue weighted by molar-refractivity contribution is 8.00. The molecule has 1 fully saturated rings. The van der Waals surface area contributed by atoms with Gasteiger partial charge < -0.3 is 14.8 Å². The monoisotopic (exact) mass is 241 g/mol. The lowest BCUT2D eigenvalue weighted by Crippen LogP contribution is -2.32. The summed E-state index contributed by atoms with van der Waals surface area (Å²) in [5.74, 6) is 2.82. The van der Waals surface area contributed by atoms with Crippen LogP contribution >= 0.6 is 11.8 Å². The van der Waals surface area contributed by atoms with E-state index in [4.69, 9.17) is 9.52 Å². The number of aliphatic hydroxyl groups is 1. The molecule has 0 aliphatic carbocycles. The van der Waals surface area contributed by atoms with Crippen molar-refractivity contribution in [3.05, 3.63) is 23.7 Å². The number of hydrogen-bond donors (Lipinski definition) is 2. The van der Waals surface area contributed by atoms with Crippen molar-refractivity contribution in [2.45, 2.75) is 37.7 Å². The number of thioether (sulfide) groups is 1. The Labute approximate surface area is 101 Å². The number of hydrogen-bond acceptors (Lipinski definition) is 4. The highest BCUT2D eigenvalue weighted by atomic mass is 32.2. The van der Waals surface area contributed by atoms with Gasteiger partial charge >= 0.3 is 0 Å². The van der Waals surface area contributed by atoms with Gasteiger partial charge in [0.15, 0.2) is 0 Å². The van der Waals surface area contributed by atoms with Gasteiger partial charge in [-0.25, -0.2) is 0 Å². The second-order valence-corrected chi connectivity index (χ2v) is 6.21. The smallest absolute Gasteiger partial charge is 0.129 e. The summed E-state index contributed by atoms with van der Waals surface area (Å²) in [5.41, 5.74) is 0. The van der Waals surface area contributed by atoms with Crippen LogP contribution in [0.3, 0.4) is 0 Å². The fraction of sp³-hybridized carbons (Fsp3) is 0.667. The van der Waals surface area contributed by atoms with Crippen molar-refractivity contribution in [1.82, 2.24) is 5.32 Å². The maximum absolute atomic E-state index is 8.87. The van der Waals surface area contributed by atoms with E-state index < -0.39 is 0 Å². The Morgan fingerprint density at radius 3 is 2.94 bits per heavy atom. The molecule has 0 bridgehead atoms. The van der Waals surface area contributed by atoms with Crippen LogP contribution in [-0.2, 0) is 13.2 Å². The van der Waals surface area contributed by atoms with E-state index >= 15 is 0 Å². The van der Waals surface area contributed by atoms with Crippen LogP contribution in [0.25, 0.3) is 0 Å². The molecule has 1 aliphatic rings. The van der Waals surface area contributed by atoms with Crippen molar-refractivity contribution >= 4 is 11.8 Å². The molecule has 0 saturated carbocycles. The molecule has 1 aromatic heterocycles. The van der Waals surface area contributed by atoms with E-state index in [0.29, 0.717) is 10.5 Å². The highest BCUT2D eigenvalue weighted by Crippen LogP contribution is 2.36. The summed E-state index contributed by atoms with van der Waals surface area (Å²) >= 11 is 2.06. The van der Waals surface area contributed by atoms with E-state index in [2.05, 4.69) is 24.0 Å². The summed E-state index contributed by atoms with van der Waals surface area (Å²) in [6.07, 6.45) is 2.63. The minimum atomic E-state index is -0.0203. The summed E-state index contributed by atoms with van der Waals surface area (Å²) < 4.78 is 5.81. The molecule has 2 N–H and O–H groups in total. The second kappa shape index (κ2) is 5.25. The maximum Gasteiger partial charge on any atom is 0.129 e. The molecule has 90 valence electrons. The number of rotatable bonds is 5. The van der Waals surface area contributed by atoms with Crippen molar-refractivity contribution in [3.8, 4) is 0 Å². The molecule has 0 aromatic carbocycles. The van der Waals surface area contributed by atoms with Gasteiger partial charge in [0.1, 0.15) is 18.1 Å². The molecule has 16 heavy (non-hydrogen) atoms. The van der Waals surface area contributed by atoms with Crippen LogP contribution in [0.2, 0.25) is 0 Å². The first-order chi connectivity index (χ1) is 7.72. The molecule has 0 spiro atoms. The fourth-order valence-electron chi connectivity index (χ4n) is 2.03. The molecule has 2 rings (SSSR count). The Kier molecular flexibility index (Phi) is 3.95. The number of aliphatic hydroxyl groups excluding tert-OH is 1. The van der Waals surface area contributed by atoms with Crippen molar-refractivity contribution < 1.29 is 9.52 Å². The molecule has 1 aromatic rings. The SMILES string of the molecule is CC1(CNCc2ccc(CO)o2)CCCS1. The van der Waals surface area contributed by atoms with Gasteiger partial charge in [0.25, 0.3) is 0 Å². The Balaban J connectivity index is 1.75. The maximum atomic E-state index is 8.87. The first-order valence-corrected chi connectivity index (χ1v) is 6.73. The van der Waals surface area contributed by atoms with Crippen LogP contribution in [0.15, 0.2) is 16.5 Å².